The molecular weight excluding hydrogens is 194 g/mol. The van der Waals surface area contributed by atoms with Gasteiger partial charge < -0.3 is 4.74 Å². The zero-order valence-corrected chi connectivity index (χ0v) is 9.61. The van der Waals surface area contributed by atoms with Crippen molar-refractivity contribution in [3.8, 4) is 0 Å². The van der Waals surface area contributed by atoms with E-state index >= 15 is 0 Å². The van der Waals surface area contributed by atoms with Gasteiger partial charge in [0, 0.05) is 18.7 Å². The maximum atomic E-state index is 11.7. The smallest absolute Gasteiger partial charge is 0.414 e. The Kier molecular flexibility index (Phi) is 3.17. The molecule has 1 rings (SSSR count). The summed E-state index contributed by atoms with van der Waals surface area (Å²) in [5.74, 6) is 0.0438. The molecule has 1 aliphatic heterocycles. The minimum Gasteiger partial charge on any atom is -0.443 e. The van der Waals surface area contributed by atoms with Gasteiger partial charge >= 0.3 is 6.09 Å². The number of carbonyl (C=O) groups is 2. The maximum Gasteiger partial charge on any atom is 0.414 e. The van der Waals surface area contributed by atoms with Gasteiger partial charge in [-0.1, -0.05) is 0 Å². The molecule has 15 heavy (non-hydrogen) atoms. The van der Waals surface area contributed by atoms with E-state index in [9.17, 15) is 9.59 Å². The van der Waals surface area contributed by atoms with Crippen LogP contribution in [0.1, 0.15) is 34.1 Å². The largest absolute Gasteiger partial charge is 0.443 e. The van der Waals surface area contributed by atoms with E-state index in [1.54, 1.807) is 0 Å². The van der Waals surface area contributed by atoms with E-state index in [1.165, 1.54) is 17.2 Å². The number of allylic oxidation sites excluding steroid dienone is 1. The van der Waals surface area contributed by atoms with Gasteiger partial charge in [-0.2, -0.15) is 0 Å². The molecule has 0 spiro atoms. The van der Waals surface area contributed by atoms with Gasteiger partial charge in [0.25, 0.3) is 0 Å². The number of amides is 1. The zero-order chi connectivity index (χ0) is 11.6. The van der Waals surface area contributed by atoms with Gasteiger partial charge in [-0.05, 0) is 33.8 Å². The molecule has 0 aromatic carbocycles. The molecule has 0 aromatic rings. The fourth-order valence-electron chi connectivity index (χ4n) is 1.32. The molecule has 1 heterocycles. The number of ketones is 1. The van der Waals surface area contributed by atoms with E-state index in [2.05, 4.69) is 0 Å². The maximum absolute atomic E-state index is 11.7. The predicted molar refractivity (Wildman–Crippen MR) is 56.3 cm³/mol. The number of ether oxygens (including phenoxy) is 1. The molecule has 0 fully saturated rings. The monoisotopic (exact) mass is 211 g/mol. The first-order valence-electron chi connectivity index (χ1n) is 5.02. The highest BCUT2D eigenvalue weighted by atomic mass is 16.6. The van der Waals surface area contributed by atoms with E-state index in [0.717, 1.165) is 0 Å². The first-order valence-corrected chi connectivity index (χ1v) is 5.02. The van der Waals surface area contributed by atoms with Crippen molar-refractivity contribution < 1.29 is 14.3 Å². The van der Waals surface area contributed by atoms with Crippen LogP contribution in [0.25, 0.3) is 0 Å². The molecule has 4 heteroatoms. The average Bonchev–Trinajstić information content (AvgIpc) is 1.99. The number of rotatable bonds is 0. The van der Waals surface area contributed by atoms with Crippen LogP contribution in [0.5, 0.6) is 0 Å². The summed E-state index contributed by atoms with van der Waals surface area (Å²) in [6, 6.07) is -0.127. The van der Waals surface area contributed by atoms with E-state index in [-0.39, 0.29) is 11.8 Å². The van der Waals surface area contributed by atoms with E-state index in [4.69, 9.17) is 4.74 Å². The van der Waals surface area contributed by atoms with Crippen molar-refractivity contribution >= 4 is 11.9 Å². The molecule has 84 valence electrons. The molecule has 4 nitrogen and oxygen atoms in total. The second-order valence-electron chi connectivity index (χ2n) is 4.72. The van der Waals surface area contributed by atoms with Crippen molar-refractivity contribution in [1.82, 2.24) is 4.90 Å². The Labute approximate surface area is 89.9 Å². The van der Waals surface area contributed by atoms with Crippen LogP contribution in [0, 0.1) is 0 Å². The Bertz CT molecular complexity index is 301. The van der Waals surface area contributed by atoms with Gasteiger partial charge in [-0.15, -0.1) is 0 Å². The van der Waals surface area contributed by atoms with Crippen LogP contribution in [0.4, 0.5) is 4.79 Å². The molecule has 0 aromatic heterocycles. The van der Waals surface area contributed by atoms with Crippen LogP contribution in [-0.2, 0) is 9.53 Å². The van der Waals surface area contributed by atoms with Crippen LogP contribution in [0.2, 0.25) is 0 Å². The van der Waals surface area contributed by atoms with E-state index in [1.807, 2.05) is 27.7 Å². The summed E-state index contributed by atoms with van der Waals surface area (Å²) in [5, 5.41) is 0. The van der Waals surface area contributed by atoms with Crippen LogP contribution in [0.3, 0.4) is 0 Å². The van der Waals surface area contributed by atoms with Gasteiger partial charge in [0.1, 0.15) is 5.60 Å². The summed E-state index contributed by atoms with van der Waals surface area (Å²) in [6.45, 7) is 7.27. The second-order valence-corrected chi connectivity index (χ2v) is 4.72. The van der Waals surface area contributed by atoms with Gasteiger partial charge in [0.2, 0.25) is 0 Å². The normalized spacial score (nSPS) is 21.7. The van der Waals surface area contributed by atoms with Gasteiger partial charge in [-0.3, -0.25) is 9.69 Å². The third-order valence-corrected chi connectivity index (χ3v) is 2.00. The first kappa shape index (κ1) is 11.8. The van der Waals surface area contributed by atoms with Crippen molar-refractivity contribution in [2.75, 3.05) is 0 Å². The van der Waals surface area contributed by atoms with E-state index in [0.29, 0.717) is 6.42 Å². The Balaban J connectivity index is 2.68. The fraction of sp³-hybridized carbons (Fsp3) is 0.636. The molecule has 0 radical (unpaired) electrons. The van der Waals surface area contributed by atoms with Crippen molar-refractivity contribution in [2.45, 2.75) is 45.8 Å². The highest BCUT2D eigenvalue weighted by Crippen LogP contribution is 2.16. The minimum absolute atomic E-state index is 0.0438. The molecule has 0 saturated heterocycles. The second kappa shape index (κ2) is 4.04. The lowest BCUT2D eigenvalue weighted by Crippen LogP contribution is -2.41. The lowest BCUT2D eigenvalue weighted by Gasteiger charge is -2.30. The van der Waals surface area contributed by atoms with Crippen LogP contribution < -0.4 is 0 Å². The lowest BCUT2D eigenvalue weighted by atomic mass is 10.1. The number of carbonyl (C=O) groups excluding carboxylic acids is 2. The number of hydrogen-bond donors (Lipinski definition) is 0. The summed E-state index contributed by atoms with van der Waals surface area (Å²) in [4.78, 5) is 24.2. The Morgan fingerprint density at radius 3 is 2.60 bits per heavy atom. The lowest BCUT2D eigenvalue weighted by molar-refractivity contribution is -0.116. The third kappa shape index (κ3) is 3.38. The fourth-order valence-corrected chi connectivity index (χ4v) is 1.32. The van der Waals surface area contributed by atoms with Crippen molar-refractivity contribution in [1.29, 1.82) is 0 Å². The average molecular weight is 211 g/mol. The minimum atomic E-state index is -0.508. The first-order chi connectivity index (χ1) is 6.79. The Morgan fingerprint density at radius 2 is 2.13 bits per heavy atom. The summed E-state index contributed by atoms with van der Waals surface area (Å²) >= 11 is 0. The van der Waals surface area contributed by atoms with Crippen LogP contribution >= 0.6 is 0 Å². The quantitative estimate of drug-likeness (QED) is 0.616. The van der Waals surface area contributed by atoms with Gasteiger partial charge in [0.05, 0.1) is 0 Å². The molecule has 0 bridgehead atoms. The Hall–Kier alpha value is -1.32. The molecule has 1 aliphatic rings. The molecular formula is C11H17NO3. The summed E-state index contributed by atoms with van der Waals surface area (Å²) in [7, 11) is 0. The predicted octanol–water partition coefficient (Wildman–Crippen LogP) is 2.10. The molecule has 0 aliphatic carbocycles. The van der Waals surface area contributed by atoms with Crippen molar-refractivity contribution in [3.63, 3.8) is 0 Å². The Morgan fingerprint density at radius 1 is 1.53 bits per heavy atom. The van der Waals surface area contributed by atoms with Crippen LogP contribution in [0.15, 0.2) is 12.3 Å². The van der Waals surface area contributed by atoms with Crippen molar-refractivity contribution in [3.05, 3.63) is 12.3 Å². The molecule has 0 unspecified atom stereocenters. The zero-order valence-electron chi connectivity index (χ0n) is 9.61. The third-order valence-electron chi connectivity index (χ3n) is 2.00. The summed E-state index contributed by atoms with van der Waals surface area (Å²) < 4.78 is 5.21. The van der Waals surface area contributed by atoms with Crippen molar-refractivity contribution in [2.24, 2.45) is 0 Å². The molecule has 0 saturated carbocycles. The topological polar surface area (TPSA) is 46.6 Å². The highest BCUT2D eigenvalue weighted by Gasteiger charge is 2.27. The van der Waals surface area contributed by atoms with Gasteiger partial charge in [-0.25, -0.2) is 4.79 Å². The number of hydrogen-bond acceptors (Lipinski definition) is 3. The summed E-state index contributed by atoms with van der Waals surface area (Å²) in [6.07, 6.45) is 2.85. The SMILES string of the molecule is C[C@@H]1CC(=O)C=CN1C(=O)OC(C)(C)C. The number of nitrogens with zero attached hydrogens (tertiary/aromatic N) is 1. The standard InChI is InChI=1S/C11H17NO3/c1-8-7-9(13)5-6-12(8)10(14)15-11(2,3)4/h5-6,8H,7H2,1-4H3/t8-/m1/s1. The summed E-state index contributed by atoms with van der Waals surface area (Å²) in [5.41, 5.74) is -0.508. The highest BCUT2D eigenvalue weighted by molar-refractivity contribution is 5.92. The van der Waals surface area contributed by atoms with Crippen LogP contribution in [-0.4, -0.2) is 28.4 Å². The molecule has 0 N–H and O–H groups in total. The van der Waals surface area contributed by atoms with E-state index < -0.39 is 11.7 Å². The molecule has 1 amide bonds. The van der Waals surface area contributed by atoms with Gasteiger partial charge in [0.15, 0.2) is 5.78 Å². The molecule has 1 atom stereocenters.